The van der Waals surface area contributed by atoms with E-state index in [1.165, 1.54) is 16.7 Å². The molecule has 0 saturated heterocycles. The zero-order valence-corrected chi connectivity index (χ0v) is 19.5. The molecule has 0 atom stereocenters. The van der Waals surface area contributed by atoms with E-state index in [0.29, 0.717) is 12.3 Å². The summed E-state index contributed by atoms with van der Waals surface area (Å²) in [5.74, 6) is 0.528. The van der Waals surface area contributed by atoms with E-state index in [1.54, 1.807) is 23.1 Å². The van der Waals surface area contributed by atoms with E-state index in [2.05, 4.69) is 76.2 Å². The lowest BCUT2D eigenvalue weighted by Gasteiger charge is -2.21. The Bertz CT molecular complexity index is 941. The number of rotatable bonds is 8. The van der Waals surface area contributed by atoms with Gasteiger partial charge in [-0.05, 0) is 83.2 Å². The standard InChI is InChI=1S/C23H29N3OS2/c1-16-7-9-19(10-8-16)28-15-22(27)26(12-6-11-25(4)5)23-24-20-13-17(2)18(3)14-21(20)29-23/h7-10,13-14H,6,11-12,15H2,1-5H3. The van der Waals surface area contributed by atoms with Gasteiger partial charge >= 0.3 is 0 Å². The number of hydrogen-bond acceptors (Lipinski definition) is 5. The van der Waals surface area contributed by atoms with Crippen LogP contribution in [0.3, 0.4) is 0 Å². The lowest BCUT2D eigenvalue weighted by molar-refractivity contribution is -0.116. The number of amides is 1. The van der Waals surface area contributed by atoms with Crippen LogP contribution in [0.1, 0.15) is 23.1 Å². The molecule has 0 spiro atoms. The highest BCUT2D eigenvalue weighted by molar-refractivity contribution is 8.00. The largest absolute Gasteiger partial charge is 0.309 e. The summed E-state index contributed by atoms with van der Waals surface area (Å²) >= 11 is 3.20. The minimum Gasteiger partial charge on any atom is -0.309 e. The molecular weight excluding hydrogens is 398 g/mol. The van der Waals surface area contributed by atoms with Crippen molar-refractivity contribution in [3.8, 4) is 0 Å². The zero-order valence-electron chi connectivity index (χ0n) is 17.9. The first kappa shape index (κ1) is 21.8. The smallest absolute Gasteiger partial charge is 0.239 e. The molecule has 154 valence electrons. The summed E-state index contributed by atoms with van der Waals surface area (Å²) in [6, 6.07) is 12.6. The first-order valence-electron chi connectivity index (χ1n) is 9.86. The molecule has 6 heteroatoms. The van der Waals surface area contributed by atoms with E-state index < -0.39 is 0 Å². The Balaban J connectivity index is 1.79. The molecule has 0 saturated carbocycles. The second-order valence-corrected chi connectivity index (χ2v) is 9.76. The highest BCUT2D eigenvalue weighted by Gasteiger charge is 2.20. The summed E-state index contributed by atoms with van der Waals surface area (Å²) < 4.78 is 1.14. The van der Waals surface area contributed by atoms with E-state index in [4.69, 9.17) is 4.98 Å². The summed E-state index contributed by atoms with van der Waals surface area (Å²) in [7, 11) is 4.12. The molecule has 0 aliphatic rings. The van der Waals surface area contributed by atoms with E-state index in [0.717, 1.165) is 33.2 Å². The summed E-state index contributed by atoms with van der Waals surface area (Å²) in [5, 5.41) is 0.804. The van der Waals surface area contributed by atoms with Gasteiger partial charge in [-0.25, -0.2) is 4.98 Å². The Kier molecular flexibility index (Phi) is 7.33. The first-order chi connectivity index (χ1) is 13.8. The van der Waals surface area contributed by atoms with Crippen molar-refractivity contribution in [1.29, 1.82) is 0 Å². The fourth-order valence-electron chi connectivity index (χ4n) is 3.01. The Hall–Kier alpha value is -1.89. The summed E-state index contributed by atoms with van der Waals surface area (Å²) in [6.45, 7) is 7.92. The number of anilines is 1. The first-order valence-corrected chi connectivity index (χ1v) is 11.7. The number of nitrogens with zero attached hydrogens (tertiary/aromatic N) is 3. The zero-order chi connectivity index (χ0) is 21.0. The minimum absolute atomic E-state index is 0.113. The molecule has 0 radical (unpaired) electrons. The fourth-order valence-corrected chi connectivity index (χ4v) is 4.88. The number of aromatic nitrogens is 1. The monoisotopic (exact) mass is 427 g/mol. The van der Waals surface area contributed by atoms with Crippen LogP contribution in [-0.4, -0.2) is 48.7 Å². The van der Waals surface area contributed by atoms with Gasteiger partial charge in [-0.2, -0.15) is 0 Å². The second-order valence-electron chi connectivity index (χ2n) is 7.70. The maximum atomic E-state index is 13.1. The van der Waals surface area contributed by atoms with E-state index >= 15 is 0 Å². The van der Waals surface area contributed by atoms with Crippen LogP contribution in [0.15, 0.2) is 41.3 Å². The Labute approximate surface area is 181 Å². The van der Waals surface area contributed by atoms with Crippen molar-refractivity contribution in [1.82, 2.24) is 9.88 Å². The van der Waals surface area contributed by atoms with Crippen LogP contribution in [0.5, 0.6) is 0 Å². The number of thiazole rings is 1. The number of carbonyl (C=O) groups excluding carboxylic acids is 1. The van der Waals surface area contributed by atoms with E-state index in [9.17, 15) is 4.79 Å². The quantitative estimate of drug-likeness (QED) is 0.457. The average molecular weight is 428 g/mol. The van der Waals surface area contributed by atoms with Gasteiger partial charge in [0.05, 0.1) is 16.0 Å². The van der Waals surface area contributed by atoms with Gasteiger partial charge in [0, 0.05) is 11.4 Å². The number of thioether (sulfide) groups is 1. The third-order valence-electron chi connectivity index (χ3n) is 4.89. The van der Waals surface area contributed by atoms with Crippen LogP contribution in [0.4, 0.5) is 5.13 Å². The van der Waals surface area contributed by atoms with Gasteiger partial charge in [-0.15, -0.1) is 11.8 Å². The SMILES string of the molecule is Cc1ccc(SCC(=O)N(CCCN(C)C)c2nc3cc(C)c(C)cc3s2)cc1. The molecule has 1 amide bonds. The second kappa shape index (κ2) is 9.74. The van der Waals surface area contributed by atoms with E-state index in [1.807, 2.05) is 4.90 Å². The molecule has 4 nitrogen and oxygen atoms in total. The molecule has 0 aliphatic heterocycles. The Morgan fingerprint density at radius 2 is 1.72 bits per heavy atom. The van der Waals surface area contributed by atoms with Gasteiger partial charge in [0.2, 0.25) is 5.91 Å². The third-order valence-corrected chi connectivity index (χ3v) is 6.93. The molecular formula is C23H29N3OS2. The number of benzene rings is 2. The maximum absolute atomic E-state index is 13.1. The highest BCUT2D eigenvalue weighted by atomic mass is 32.2. The molecule has 3 rings (SSSR count). The predicted molar refractivity (Wildman–Crippen MR) is 127 cm³/mol. The van der Waals surface area contributed by atoms with Crippen molar-refractivity contribution >= 4 is 44.4 Å². The Morgan fingerprint density at radius 1 is 1.03 bits per heavy atom. The lowest BCUT2D eigenvalue weighted by Crippen LogP contribution is -2.34. The van der Waals surface area contributed by atoms with Crippen LogP contribution in [0.2, 0.25) is 0 Å². The van der Waals surface area contributed by atoms with Crippen molar-refractivity contribution in [2.75, 3.05) is 37.8 Å². The van der Waals surface area contributed by atoms with Crippen LogP contribution in [0.25, 0.3) is 10.2 Å². The van der Waals surface area contributed by atoms with Gasteiger partial charge in [0.15, 0.2) is 5.13 Å². The number of aryl methyl sites for hydroxylation is 3. The molecule has 29 heavy (non-hydrogen) atoms. The topological polar surface area (TPSA) is 36.4 Å². The average Bonchev–Trinajstić information content (AvgIpc) is 3.07. The highest BCUT2D eigenvalue weighted by Crippen LogP contribution is 2.31. The molecule has 1 heterocycles. The summed E-state index contributed by atoms with van der Waals surface area (Å²) in [5.41, 5.74) is 4.69. The van der Waals surface area contributed by atoms with Crippen molar-refractivity contribution in [3.05, 3.63) is 53.1 Å². The molecule has 2 aromatic carbocycles. The van der Waals surface area contributed by atoms with Crippen LogP contribution in [-0.2, 0) is 4.79 Å². The van der Waals surface area contributed by atoms with Crippen LogP contribution < -0.4 is 4.90 Å². The Morgan fingerprint density at radius 3 is 2.41 bits per heavy atom. The fraction of sp³-hybridized carbons (Fsp3) is 0.391. The number of hydrogen-bond donors (Lipinski definition) is 0. The maximum Gasteiger partial charge on any atom is 0.239 e. The molecule has 0 fully saturated rings. The van der Waals surface area contributed by atoms with Crippen LogP contribution >= 0.6 is 23.1 Å². The lowest BCUT2D eigenvalue weighted by atomic mass is 10.1. The number of carbonyl (C=O) groups is 1. The van der Waals surface area contributed by atoms with Gasteiger partial charge < -0.3 is 4.90 Å². The molecule has 3 aromatic rings. The van der Waals surface area contributed by atoms with Crippen molar-refractivity contribution in [2.24, 2.45) is 0 Å². The van der Waals surface area contributed by atoms with Gasteiger partial charge in [-0.3, -0.25) is 9.69 Å². The number of fused-ring (bicyclic) bond motifs is 1. The van der Waals surface area contributed by atoms with Gasteiger partial charge in [0.25, 0.3) is 0 Å². The third kappa shape index (κ3) is 5.81. The van der Waals surface area contributed by atoms with Gasteiger partial charge in [0.1, 0.15) is 0 Å². The predicted octanol–water partition coefficient (Wildman–Crippen LogP) is 5.30. The van der Waals surface area contributed by atoms with Crippen molar-refractivity contribution in [2.45, 2.75) is 32.1 Å². The van der Waals surface area contributed by atoms with Gasteiger partial charge in [-0.1, -0.05) is 29.0 Å². The molecule has 1 aromatic heterocycles. The summed E-state index contributed by atoms with van der Waals surface area (Å²) in [6.07, 6.45) is 0.919. The molecule has 0 unspecified atom stereocenters. The minimum atomic E-state index is 0.113. The van der Waals surface area contributed by atoms with Crippen LogP contribution in [0, 0.1) is 20.8 Å². The molecule has 0 bridgehead atoms. The van der Waals surface area contributed by atoms with E-state index in [-0.39, 0.29) is 5.91 Å². The molecule has 0 aliphatic carbocycles. The van der Waals surface area contributed by atoms with Crippen molar-refractivity contribution in [3.63, 3.8) is 0 Å². The normalized spacial score (nSPS) is 11.4. The van der Waals surface area contributed by atoms with Crippen molar-refractivity contribution < 1.29 is 4.79 Å². The summed E-state index contributed by atoms with van der Waals surface area (Å²) in [4.78, 5) is 23.1. The molecule has 0 N–H and O–H groups in total.